The zero-order chi connectivity index (χ0) is 13.1. The molecule has 1 aliphatic heterocycles. The van der Waals surface area contributed by atoms with E-state index in [9.17, 15) is 9.90 Å². The maximum Gasteiger partial charge on any atom is 0.321 e. The lowest BCUT2D eigenvalue weighted by molar-refractivity contribution is -0.140. The molecular formula is C12H14Cl3NO3. The highest BCUT2D eigenvalue weighted by atomic mass is 35.5. The number of ether oxygens (including phenoxy) is 1. The van der Waals surface area contributed by atoms with E-state index in [0.717, 1.165) is 5.56 Å². The molecule has 0 bridgehead atoms. The Bertz CT molecular complexity index is 456. The summed E-state index contributed by atoms with van der Waals surface area (Å²) in [6.45, 7) is 1.37. The molecular weight excluding hydrogens is 312 g/mol. The van der Waals surface area contributed by atoms with E-state index in [-0.39, 0.29) is 18.3 Å². The predicted octanol–water partition coefficient (Wildman–Crippen LogP) is 2.57. The molecule has 1 aromatic carbocycles. The van der Waals surface area contributed by atoms with Crippen LogP contribution in [-0.2, 0) is 9.53 Å². The smallest absolute Gasteiger partial charge is 0.321 e. The van der Waals surface area contributed by atoms with Crippen molar-refractivity contribution in [2.24, 2.45) is 0 Å². The normalized spacial score (nSPS) is 23.3. The van der Waals surface area contributed by atoms with Gasteiger partial charge in [0.1, 0.15) is 6.04 Å². The van der Waals surface area contributed by atoms with E-state index in [2.05, 4.69) is 5.32 Å². The highest BCUT2D eigenvalue weighted by Crippen LogP contribution is 2.29. The second kappa shape index (κ2) is 7.31. The van der Waals surface area contributed by atoms with Gasteiger partial charge in [0.15, 0.2) is 0 Å². The molecule has 1 aromatic rings. The van der Waals surface area contributed by atoms with Gasteiger partial charge in [-0.25, -0.2) is 0 Å². The van der Waals surface area contributed by atoms with Crippen LogP contribution < -0.4 is 5.32 Å². The summed E-state index contributed by atoms with van der Waals surface area (Å²) in [4.78, 5) is 11.3. The van der Waals surface area contributed by atoms with Crippen molar-refractivity contribution in [2.75, 3.05) is 19.8 Å². The number of hydrogen-bond donors (Lipinski definition) is 2. The lowest BCUT2D eigenvalue weighted by atomic mass is 9.92. The molecule has 2 rings (SSSR count). The number of hydrogen-bond acceptors (Lipinski definition) is 3. The topological polar surface area (TPSA) is 58.6 Å². The van der Waals surface area contributed by atoms with Crippen LogP contribution >= 0.6 is 35.6 Å². The minimum atomic E-state index is -0.892. The molecule has 0 radical (unpaired) electrons. The van der Waals surface area contributed by atoms with Crippen molar-refractivity contribution in [1.29, 1.82) is 0 Å². The van der Waals surface area contributed by atoms with E-state index in [4.69, 9.17) is 27.9 Å². The van der Waals surface area contributed by atoms with Crippen molar-refractivity contribution in [3.05, 3.63) is 33.8 Å². The predicted molar refractivity (Wildman–Crippen MR) is 76.7 cm³/mol. The summed E-state index contributed by atoms with van der Waals surface area (Å²) in [6.07, 6.45) is 0. The van der Waals surface area contributed by atoms with Crippen LogP contribution in [0.4, 0.5) is 0 Å². The third-order valence-electron chi connectivity index (χ3n) is 2.95. The highest BCUT2D eigenvalue weighted by molar-refractivity contribution is 6.42. The molecule has 106 valence electrons. The quantitative estimate of drug-likeness (QED) is 0.877. The van der Waals surface area contributed by atoms with Crippen LogP contribution in [0.2, 0.25) is 10.0 Å². The van der Waals surface area contributed by atoms with Gasteiger partial charge >= 0.3 is 5.97 Å². The minimum absolute atomic E-state index is 0. The van der Waals surface area contributed by atoms with Crippen LogP contribution in [0.3, 0.4) is 0 Å². The van der Waals surface area contributed by atoms with Crippen LogP contribution in [0, 0.1) is 0 Å². The van der Waals surface area contributed by atoms with Crippen molar-refractivity contribution in [2.45, 2.75) is 12.0 Å². The maximum absolute atomic E-state index is 11.3. The van der Waals surface area contributed by atoms with E-state index in [0.29, 0.717) is 29.8 Å². The standard InChI is InChI=1S/C12H13Cl2NO3.ClH/c13-9-2-1-7(5-10(9)14)8-6-18-4-3-15-11(8)12(16)17;/h1-2,5,8,11,15H,3-4,6H2,(H,16,17);1H. The largest absolute Gasteiger partial charge is 0.480 e. The Morgan fingerprint density at radius 2 is 2.11 bits per heavy atom. The molecule has 0 amide bonds. The van der Waals surface area contributed by atoms with Crippen molar-refractivity contribution in [1.82, 2.24) is 5.32 Å². The average molecular weight is 327 g/mol. The molecule has 1 aliphatic rings. The zero-order valence-corrected chi connectivity index (χ0v) is 12.3. The summed E-state index contributed by atoms with van der Waals surface area (Å²) < 4.78 is 5.41. The van der Waals surface area contributed by atoms with Crippen LogP contribution in [0.25, 0.3) is 0 Å². The Kier molecular flexibility index (Phi) is 6.36. The van der Waals surface area contributed by atoms with Gasteiger partial charge in [-0.2, -0.15) is 0 Å². The number of benzene rings is 1. The molecule has 7 heteroatoms. The van der Waals surface area contributed by atoms with Gasteiger partial charge in [-0.15, -0.1) is 12.4 Å². The van der Waals surface area contributed by atoms with E-state index in [1.807, 2.05) is 0 Å². The van der Waals surface area contributed by atoms with Crippen molar-refractivity contribution in [3.8, 4) is 0 Å². The van der Waals surface area contributed by atoms with Crippen molar-refractivity contribution >= 4 is 41.6 Å². The second-order valence-electron chi connectivity index (χ2n) is 4.12. The summed E-state index contributed by atoms with van der Waals surface area (Å²) in [5, 5.41) is 13.1. The first kappa shape index (κ1) is 16.5. The van der Waals surface area contributed by atoms with Gasteiger partial charge in [-0.1, -0.05) is 29.3 Å². The van der Waals surface area contributed by atoms with Crippen LogP contribution in [0.5, 0.6) is 0 Å². The molecule has 19 heavy (non-hydrogen) atoms. The Labute approximate surface area is 127 Å². The molecule has 0 aliphatic carbocycles. The van der Waals surface area contributed by atoms with Gasteiger partial charge in [0.25, 0.3) is 0 Å². The molecule has 0 saturated carbocycles. The lowest BCUT2D eigenvalue weighted by Gasteiger charge is -2.22. The van der Waals surface area contributed by atoms with Gasteiger partial charge in [-0.05, 0) is 17.7 Å². The molecule has 1 fully saturated rings. The summed E-state index contributed by atoms with van der Waals surface area (Å²) >= 11 is 11.8. The Hall–Kier alpha value is -0.520. The van der Waals surface area contributed by atoms with Crippen LogP contribution in [0.1, 0.15) is 11.5 Å². The van der Waals surface area contributed by atoms with Gasteiger partial charge in [-0.3, -0.25) is 4.79 Å². The van der Waals surface area contributed by atoms with E-state index in [1.165, 1.54) is 0 Å². The summed E-state index contributed by atoms with van der Waals surface area (Å²) in [6, 6.07) is 4.47. The third-order valence-corrected chi connectivity index (χ3v) is 3.69. The van der Waals surface area contributed by atoms with E-state index >= 15 is 0 Å². The first-order valence-electron chi connectivity index (χ1n) is 5.58. The second-order valence-corrected chi connectivity index (χ2v) is 4.94. The summed E-state index contributed by atoms with van der Waals surface area (Å²) in [5.74, 6) is -1.17. The molecule has 2 atom stereocenters. The fourth-order valence-corrected chi connectivity index (χ4v) is 2.33. The summed E-state index contributed by atoms with van der Waals surface area (Å²) in [5.41, 5.74) is 0.811. The van der Waals surface area contributed by atoms with Gasteiger partial charge < -0.3 is 15.2 Å². The highest BCUT2D eigenvalue weighted by Gasteiger charge is 2.31. The molecule has 0 aromatic heterocycles. The molecule has 4 nitrogen and oxygen atoms in total. The SMILES string of the molecule is Cl.O=C(O)C1NCCOCC1c1ccc(Cl)c(Cl)c1. The van der Waals surface area contributed by atoms with Crippen molar-refractivity contribution in [3.63, 3.8) is 0 Å². The number of carboxylic acid groups (broad SMARTS) is 1. The first-order chi connectivity index (χ1) is 8.59. The number of aliphatic carboxylic acids is 1. The number of carbonyl (C=O) groups is 1. The molecule has 0 spiro atoms. The fraction of sp³-hybridized carbons (Fsp3) is 0.417. The Balaban J connectivity index is 0.00000180. The monoisotopic (exact) mass is 325 g/mol. The number of rotatable bonds is 2. The zero-order valence-electron chi connectivity index (χ0n) is 9.94. The maximum atomic E-state index is 11.3. The summed E-state index contributed by atoms with van der Waals surface area (Å²) in [7, 11) is 0. The number of nitrogens with one attached hydrogen (secondary N) is 1. The molecule has 2 unspecified atom stereocenters. The number of carboxylic acids is 1. The Morgan fingerprint density at radius 3 is 2.74 bits per heavy atom. The molecule has 1 heterocycles. The molecule has 2 N–H and O–H groups in total. The lowest BCUT2D eigenvalue weighted by Crippen LogP contribution is -2.41. The Morgan fingerprint density at radius 1 is 1.37 bits per heavy atom. The number of halogens is 3. The third kappa shape index (κ3) is 3.97. The van der Waals surface area contributed by atoms with E-state index in [1.54, 1.807) is 18.2 Å². The van der Waals surface area contributed by atoms with Crippen LogP contribution in [-0.4, -0.2) is 36.9 Å². The first-order valence-corrected chi connectivity index (χ1v) is 6.34. The van der Waals surface area contributed by atoms with Gasteiger partial charge in [0, 0.05) is 12.5 Å². The van der Waals surface area contributed by atoms with Crippen LogP contribution in [0.15, 0.2) is 18.2 Å². The minimum Gasteiger partial charge on any atom is -0.480 e. The average Bonchev–Trinajstić information content (AvgIpc) is 2.58. The van der Waals surface area contributed by atoms with Gasteiger partial charge in [0.05, 0.1) is 23.3 Å². The van der Waals surface area contributed by atoms with E-state index < -0.39 is 12.0 Å². The molecule has 1 saturated heterocycles. The fourth-order valence-electron chi connectivity index (χ4n) is 2.03. The van der Waals surface area contributed by atoms with Gasteiger partial charge in [0.2, 0.25) is 0 Å². The van der Waals surface area contributed by atoms with Crippen molar-refractivity contribution < 1.29 is 14.6 Å².